The molecule has 3 aromatic rings. The van der Waals surface area contributed by atoms with Gasteiger partial charge in [0.05, 0.1) is 0 Å². The predicted molar refractivity (Wildman–Crippen MR) is 128 cm³/mol. The standard InChI is InChI=1S/C29H26F4O/c1-3-18-4-9-20(10-5-18)23-15-16-24(28(32)27(23)31)21-11-6-19(7-12-21)8-13-22-14-17-25(34-2)29(33)26(22)30/h3-7,9-12,15-16,22,25H,1,8,13-14,17H2,2H3. The monoisotopic (exact) mass is 466 g/mol. The van der Waals surface area contributed by atoms with Crippen LogP contribution in [0.1, 0.15) is 30.4 Å². The quantitative estimate of drug-likeness (QED) is 0.317. The summed E-state index contributed by atoms with van der Waals surface area (Å²) in [5.74, 6) is -3.79. The Kier molecular flexibility index (Phi) is 7.32. The lowest BCUT2D eigenvalue weighted by atomic mass is 9.87. The van der Waals surface area contributed by atoms with E-state index in [1.807, 2.05) is 12.1 Å². The van der Waals surface area contributed by atoms with E-state index in [2.05, 4.69) is 6.58 Å². The number of methoxy groups -OCH3 is 1. The van der Waals surface area contributed by atoms with Gasteiger partial charge in [0.15, 0.2) is 17.5 Å². The largest absolute Gasteiger partial charge is 0.374 e. The van der Waals surface area contributed by atoms with Crippen LogP contribution in [0.3, 0.4) is 0 Å². The molecule has 2 atom stereocenters. The van der Waals surface area contributed by atoms with E-state index in [0.717, 1.165) is 11.1 Å². The topological polar surface area (TPSA) is 9.23 Å². The molecule has 1 nitrogen and oxygen atoms in total. The first kappa shape index (κ1) is 24.0. The Bertz CT molecular complexity index is 1200. The van der Waals surface area contributed by atoms with Crippen molar-refractivity contribution in [1.29, 1.82) is 0 Å². The maximum Gasteiger partial charge on any atom is 0.167 e. The zero-order valence-electron chi connectivity index (χ0n) is 19.0. The fourth-order valence-electron chi connectivity index (χ4n) is 4.43. The Morgan fingerprint density at radius 2 is 1.35 bits per heavy atom. The van der Waals surface area contributed by atoms with Crippen LogP contribution in [0, 0.1) is 17.6 Å². The van der Waals surface area contributed by atoms with Gasteiger partial charge in [-0.2, -0.15) is 0 Å². The molecule has 2 unspecified atom stereocenters. The molecule has 0 saturated heterocycles. The van der Waals surface area contributed by atoms with E-state index in [1.54, 1.807) is 54.6 Å². The molecule has 176 valence electrons. The number of aryl methyl sites for hydroxylation is 1. The first-order valence-corrected chi connectivity index (χ1v) is 11.3. The van der Waals surface area contributed by atoms with Crippen molar-refractivity contribution in [2.45, 2.75) is 31.8 Å². The van der Waals surface area contributed by atoms with Gasteiger partial charge in [0.25, 0.3) is 0 Å². The van der Waals surface area contributed by atoms with Crippen molar-refractivity contribution in [3.05, 3.63) is 102 Å². The van der Waals surface area contributed by atoms with E-state index in [4.69, 9.17) is 4.74 Å². The SMILES string of the molecule is C=Cc1ccc(-c2ccc(-c3ccc(CCC4CCC(OC)C(F)=C4F)cc3)c(F)c2F)cc1. The summed E-state index contributed by atoms with van der Waals surface area (Å²) >= 11 is 0. The summed E-state index contributed by atoms with van der Waals surface area (Å²) in [7, 11) is 1.38. The Morgan fingerprint density at radius 1 is 0.794 bits per heavy atom. The molecule has 0 N–H and O–H groups in total. The van der Waals surface area contributed by atoms with Crippen molar-refractivity contribution in [2.75, 3.05) is 7.11 Å². The Labute approximate surface area is 197 Å². The molecule has 34 heavy (non-hydrogen) atoms. The number of allylic oxidation sites excluding steroid dienone is 1. The minimum absolute atomic E-state index is 0.171. The van der Waals surface area contributed by atoms with Crippen molar-refractivity contribution >= 4 is 6.08 Å². The van der Waals surface area contributed by atoms with E-state index in [9.17, 15) is 17.6 Å². The molecule has 0 amide bonds. The lowest BCUT2D eigenvalue weighted by Gasteiger charge is -2.25. The van der Waals surface area contributed by atoms with Crippen LogP contribution in [0.25, 0.3) is 28.3 Å². The molecule has 1 aliphatic rings. The Balaban J connectivity index is 1.48. The third kappa shape index (κ3) is 4.85. The van der Waals surface area contributed by atoms with Gasteiger partial charge in [0.2, 0.25) is 0 Å². The maximum absolute atomic E-state index is 14.9. The van der Waals surface area contributed by atoms with Crippen LogP contribution in [0.4, 0.5) is 17.6 Å². The molecule has 0 spiro atoms. The number of ether oxygens (including phenoxy) is 1. The number of hydrogen-bond donors (Lipinski definition) is 0. The summed E-state index contributed by atoms with van der Waals surface area (Å²) in [6.45, 7) is 3.69. The van der Waals surface area contributed by atoms with Gasteiger partial charge in [0.1, 0.15) is 11.9 Å². The fourth-order valence-corrected chi connectivity index (χ4v) is 4.43. The highest BCUT2D eigenvalue weighted by atomic mass is 19.2. The van der Waals surface area contributed by atoms with Crippen LogP contribution in [-0.2, 0) is 11.2 Å². The first-order valence-electron chi connectivity index (χ1n) is 11.3. The lowest BCUT2D eigenvalue weighted by molar-refractivity contribution is 0.0812. The fraction of sp³-hybridized carbons (Fsp3) is 0.241. The molecule has 0 fully saturated rings. The normalized spacial score (nSPS) is 18.3. The van der Waals surface area contributed by atoms with Crippen LogP contribution in [0.5, 0.6) is 0 Å². The minimum Gasteiger partial charge on any atom is -0.374 e. The molecule has 0 radical (unpaired) electrons. The van der Waals surface area contributed by atoms with Crippen molar-refractivity contribution in [1.82, 2.24) is 0 Å². The third-order valence-corrected chi connectivity index (χ3v) is 6.52. The second-order valence-electron chi connectivity index (χ2n) is 8.54. The maximum atomic E-state index is 14.9. The van der Waals surface area contributed by atoms with E-state index in [0.29, 0.717) is 36.8 Å². The molecule has 0 heterocycles. The summed E-state index contributed by atoms with van der Waals surface area (Å²) in [6, 6.07) is 17.3. The second-order valence-corrected chi connectivity index (χ2v) is 8.54. The van der Waals surface area contributed by atoms with Gasteiger partial charge in [-0.15, -0.1) is 0 Å². The molecule has 1 aliphatic carbocycles. The Hall–Kier alpha value is -3.18. The van der Waals surface area contributed by atoms with Gasteiger partial charge in [-0.1, -0.05) is 73.3 Å². The highest BCUT2D eigenvalue weighted by Gasteiger charge is 2.30. The van der Waals surface area contributed by atoms with Gasteiger partial charge in [-0.3, -0.25) is 0 Å². The number of benzene rings is 3. The third-order valence-electron chi connectivity index (χ3n) is 6.52. The summed E-state index contributed by atoms with van der Waals surface area (Å²) in [5.41, 5.74) is 3.31. The second kappa shape index (κ2) is 10.4. The molecule has 4 rings (SSSR count). The van der Waals surface area contributed by atoms with Crippen LogP contribution in [0.2, 0.25) is 0 Å². The zero-order valence-corrected chi connectivity index (χ0v) is 19.0. The van der Waals surface area contributed by atoms with Crippen molar-refractivity contribution in [2.24, 2.45) is 5.92 Å². The number of rotatable bonds is 7. The van der Waals surface area contributed by atoms with Gasteiger partial charge in [-0.05, 0) is 47.9 Å². The minimum atomic E-state index is -0.907. The summed E-state index contributed by atoms with van der Waals surface area (Å²) in [6.07, 6.45) is 2.91. The van der Waals surface area contributed by atoms with Crippen LogP contribution < -0.4 is 0 Å². The van der Waals surface area contributed by atoms with E-state index in [1.165, 1.54) is 7.11 Å². The van der Waals surface area contributed by atoms with Crippen molar-refractivity contribution in [3.63, 3.8) is 0 Å². The highest BCUT2D eigenvalue weighted by Crippen LogP contribution is 2.36. The number of halogens is 4. The van der Waals surface area contributed by atoms with Crippen LogP contribution in [-0.4, -0.2) is 13.2 Å². The van der Waals surface area contributed by atoms with Crippen molar-refractivity contribution < 1.29 is 22.3 Å². The average Bonchev–Trinajstić information content (AvgIpc) is 2.87. The van der Waals surface area contributed by atoms with Gasteiger partial charge in [0, 0.05) is 24.2 Å². The summed E-state index contributed by atoms with van der Waals surface area (Å²) < 4.78 is 63.1. The predicted octanol–water partition coefficient (Wildman–Crippen LogP) is 8.45. The first-order chi connectivity index (χ1) is 16.4. The number of hydrogen-bond acceptors (Lipinski definition) is 1. The Morgan fingerprint density at radius 3 is 1.88 bits per heavy atom. The highest BCUT2D eigenvalue weighted by molar-refractivity contribution is 5.72. The molecule has 3 aromatic carbocycles. The van der Waals surface area contributed by atoms with E-state index in [-0.39, 0.29) is 11.1 Å². The van der Waals surface area contributed by atoms with E-state index < -0.39 is 35.3 Å². The zero-order chi connectivity index (χ0) is 24.2. The molecule has 0 bridgehead atoms. The molecular weight excluding hydrogens is 440 g/mol. The molecule has 0 saturated carbocycles. The smallest absolute Gasteiger partial charge is 0.167 e. The van der Waals surface area contributed by atoms with Gasteiger partial charge in [-0.25, -0.2) is 17.6 Å². The van der Waals surface area contributed by atoms with Gasteiger partial charge < -0.3 is 4.74 Å². The van der Waals surface area contributed by atoms with Crippen LogP contribution >= 0.6 is 0 Å². The lowest BCUT2D eigenvalue weighted by Crippen LogP contribution is -2.22. The average molecular weight is 467 g/mol. The molecular formula is C29H26F4O. The summed E-state index contributed by atoms with van der Waals surface area (Å²) in [5, 5.41) is 0. The molecule has 0 aromatic heterocycles. The van der Waals surface area contributed by atoms with Crippen molar-refractivity contribution in [3.8, 4) is 22.3 Å². The van der Waals surface area contributed by atoms with E-state index >= 15 is 0 Å². The van der Waals surface area contributed by atoms with Gasteiger partial charge >= 0.3 is 0 Å². The summed E-state index contributed by atoms with van der Waals surface area (Å²) in [4.78, 5) is 0. The molecule has 5 heteroatoms. The molecule has 0 aliphatic heterocycles. The van der Waals surface area contributed by atoms with Crippen LogP contribution in [0.15, 0.2) is 78.9 Å².